The minimum atomic E-state index is -0.910. The quantitative estimate of drug-likeness (QED) is 0.883. The van der Waals surface area contributed by atoms with E-state index in [1.807, 2.05) is 0 Å². The Morgan fingerprint density at radius 1 is 1.27 bits per heavy atom. The number of aryl methyl sites for hydroxylation is 2. The topological polar surface area (TPSA) is 81.8 Å². The lowest BCUT2D eigenvalue weighted by Gasteiger charge is -2.15. The second kappa shape index (κ2) is 6.51. The number of rotatable bonds is 6. The van der Waals surface area contributed by atoms with Gasteiger partial charge in [0.15, 0.2) is 11.5 Å². The van der Waals surface area contributed by atoms with Crippen LogP contribution in [0.25, 0.3) is 0 Å². The first-order chi connectivity index (χ1) is 10.5. The van der Waals surface area contributed by atoms with Crippen molar-refractivity contribution in [1.82, 2.24) is 5.16 Å². The highest BCUT2D eigenvalue weighted by molar-refractivity contribution is 5.77. The van der Waals surface area contributed by atoms with Crippen molar-refractivity contribution in [1.29, 1.82) is 0 Å². The first-order valence-electron chi connectivity index (χ1n) is 6.84. The molecular formula is C16H19NO5. The number of aromatic nitrogens is 1. The largest absolute Gasteiger partial charge is 0.493 e. The second-order valence-corrected chi connectivity index (χ2v) is 5.01. The molecule has 0 spiro atoms. The Morgan fingerprint density at radius 2 is 1.95 bits per heavy atom. The Balaban J connectivity index is 2.38. The molecule has 2 rings (SSSR count). The van der Waals surface area contributed by atoms with Gasteiger partial charge >= 0.3 is 5.97 Å². The number of aliphatic carboxylic acids is 1. The van der Waals surface area contributed by atoms with Crippen molar-refractivity contribution in [2.24, 2.45) is 0 Å². The summed E-state index contributed by atoms with van der Waals surface area (Å²) in [5, 5.41) is 13.4. The Labute approximate surface area is 128 Å². The highest BCUT2D eigenvalue weighted by atomic mass is 16.5. The normalized spacial score (nSPS) is 12.0. The molecule has 22 heavy (non-hydrogen) atoms. The third-order valence-corrected chi connectivity index (χ3v) is 3.70. The summed E-state index contributed by atoms with van der Waals surface area (Å²) in [6, 6.07) is 5.13. The van der Waals surface area contributed by atoms with Gasteiger partial charge in [0.2, 0.25) is 0 Å². The van der Waals surface area contributed by atoms with Crippen molar-refractivity contribution in [2.75, 3.05) is 14.2 Å². The standard InChI is InChI=1S/C16H19NO5/c1-9-12(10(2)22-17-9)8-13(16(18)19)11-5-6-14(20-3)15(7-11)21-4/h5-7,13H,8H2,1-4H3,(H,18,19). The number of nitrogens with zero attached hydrogens (tertiary/aromatic N) is 1. The number of hydrogen-bond donors (Lipinski definition) is 1. The summed E-state index contributed by atoms with van der Waals surface area (Å²) >= 11 is 0. The van der Waals surface area contributed by atoms with Crippen LogP contribution in [0.15, 0.2) is 22.7 Å². The van der Waals surface area contributed by atoms with Gasteiger partial charge in [-0.2, -0.15) is 0 Å². The summed E-state index contributed by atoms with van der Waals surface area (Å²) in [7, 11) is 3.06. The van der Waals surface area contributed by atoms with E-state index in [4.69, 9.17) is 14.0 Å². The third-order valence-electron chi connectivity index (χ3n) is 3.70. The van der Waals surface area contributed by atoms with Gasteiger partial charge in [-0.15, -0.1) is 0 Å². The molecule has 6 nitrogen and oxygen atoms in total. The zero-order chi connectivity index (χ0) is 16.3. The maximum atomic E-state index is 11.7. The fraction of sp³-hybridized carbons (Fsp3) is 0.375. The van der Waals surface area contributed by atoms with Gasteiger partial charge in [0, 0.05) is 5.56 Å². The summed E-state index contributed by atoms with van der Waals surface area (Å²) in [4.78, 5) is 11.7. The van der Waals surface area contributed by atoms with E-state index in [-0.39, 0.29) is 0 Å². The molecule has 0 saturated carbocycles. The average Bonchev–Trinajstić information content (AvgIpc) is 2.82. The molecule has 1 aromatic heterocycles. The summed E-state index contributed by atoms with van der Waals surface area (Å²) in [6.07, 6.45) is 0.311. The molecule has 118 valence electrons. The van der Waals surface area contributed by atoms with Crippen molar-refractivity contribution < 1.29 is 23.9 Å². The maximum Gasteiger partial charge on any atom is 0.311 e. The molecule has 1 unspecified atom stereocenters. The highest BCUT2D eigenvalue weighted by Crippen LogP contribution is 2.32. The predicted octanol–water partition coefficient (Wildman–Crippen LogP) is 2.72. The van der Waals surface area contributed by atoms with Crippen molar-refractivity contribution in [3.8, 4) is 11.5 Å². The molecule has 0 saturated heterocycles. The molecule has 6 heteroatoms. The summed E-state index contributed by atoms with van der Waals surface area (Å²) < 4.78 is 15.5. The van der Waals surface area contributed by atoms with Gasteiger partial charge in [-0.3, -0.25) is 4.79 Å². The van der Waals surface area contributed by atoms with Crippen molar-refractivity contribution in [2.45, 2.75) is 26.2 Å². The number of benzene rings is 1. The summed E-state index contributed by atoms with van der Waals surface area (Å²) in [5.74, 6) is 0.0887. The molecule has 1 atom stereocenters. The van der Waals surface area contributed by atoms with E-state index in [1.54, 1.807) is 32.0 Å². The van der Waals surface area contributed by atoms with Crippen LogP contribution in [0, 0.1) is 13.8 Å². The summed E-state index contributed by atoms with van der Waals surface area (Å²) in [6.45, 7) is 3.59. The van der Waals surface area contributed by atoms with Gasteiger partial charge in [0.1, 0.15) is 5.76 Å². The zero-order valence-corrected chi connectivity index (χ0v) is 13.0. The summed E-state index contributed by atoms with van der Waals surface area (Å²) in [5.41, 5.74) is 2.18. The number of ether oxygens (including phenoxy) is 2. The molecule has 0 aliphatic rings. The van der Waals surface area contributed by atoms with Gasteiger partial charge < -0.3 is 19.1 Å². The molecule has 1 aromatic carbocycles. The highest BCUT2D eigenvalue weighted by Gasteiger charge is 2.25. The first-order valence-corrected chi connectivity index (χ1v) is 6.84. The van der Waals surface area contributed by atoms with Gasteiger partial charge in [-0.1, -0.05) is 11.2 Å². The molecule has 0 bridgehead atoms. The smallest absolute Gasteiger partial charge is 0.311 e. The Bertz CT molecular complexity index is 658. The molecule has 0 aliphatic heterocycles. The number of carbonyl (C=O) groups is 1. The van der Waals surface area contributed by atoms with Crippen LogP contribution in [0.4, 0.5) is 0 Å². The van der Waals surface area contributed by atoms with Crippen molar-refractivity contribution in [3.63, 3.8) is 0 Å². The predicted molar refractivity (Wildman–Crippen MR) is 79.6 cm³/mol. The van der Waals surface area contributed by atoms with Gasteiger partial charge in [0.05, 0.1) is 25.8 Å². The minimum absolute atomic E-state index is 0.311. The number of methoxy groups -OCH3 is 2. The molecule has 0 radical (unpaired) electrons. The van der Waals surface area contributed by atoms with Crippen LogP contribution in [-0.2, 0) is 11.2 Å². The van der Waals surface area contributed by atoms with Crippen LogP contribution in [0.3, 0.4) is 0 Å². The molecule has 0 amide bonds. The Morgan fingerprint density at radius 3 is 2.45 bits per heavy atom. The fourth-order valence-electron chi connectivity index (χ4n) is 2.41. The average molecular weight is 305 g/mol. The Hall–Kier alpha value is -2.50. The third kappa shape index (κ3) is 3.05. The maximum absolute atomic E-state index is 11.7. The lowest BCUT2D eigenvalue weighted by molar-refractivity contribution is -0.138. The van der Waals surface area contributed by atoms with Crippen LogP contribution in [0.1, 0.15) is 28.5 Å². The zero-order valence-electron chi connectivity index (χ0n) is 13.0. The molecule has 1 heterocycles. The molecule has 1 N–H and O–H groups in total. The van der Waals surface area contributed by atoms with Crippen LogP contribution >= 0.6 is 0 Å². The van der Waals surface area contributed by atoms with Crippen LogP contribution < -0.4 is 9.47 Å². The fourth-order valence-corrected chi connectivity index (χ4v) is 2.41. The number of carboxylic acids is 1. The first kappa shape index (κ1) is 15.9. The van der Waals surface area contributed by atoms with E-state index < -0.39 is 11.9 Å². The molecular weight excluding hydrogens is 286 g/mol. The Kier molecular flexibility index (Phi) is 4.70. The van der Waals surface area contributed by atoms with Gasteiger partial charge in [0.25, 0.3) is 0 Å². The SMILES string of the molecule is COc1ccc(C(Cc2c(C)noc2C)C(=O)O)cc1OC. The van der Waals surface area contributed by atoms with Crippen LogP contribution in [-0.4, -0.2) is 30.5 Å². The second-order valence-electron chi connectivity index (χ2n) is 5.01. The van der Waals surface area contributed by atoms with E-state index in [0.717, 1.165) is 5.56 Å². The van der Waals surface area contributed by atoms with Crippen LogP contribution in [0.2, 0.25) is 0 Å². The van der Waals surface area contributed by atoms with E-state index >= 15 is 0 Å². The minimum Gasteiger partial charge on any atom is -0.493 e. The van der Waals surface area contributed by atoms with E-state index in [1.165, 1.54) is 14.2 Å². The van der Waals surface area contributed by atoms with Gasteiger partial charge in [-0.05, 0) is 38.0 Å². The molecule has 0 aliphatic carbocycles. The molecule has 0 fully saturated rings. The monoisotopic (exact) mass is 305 g/mol. The van der Waals surface area contributed by atoms with E-state index in [9.17, 15) is 9.90 Å². The van der Waals surface area contributed by atoms with E-state index in [0.29, 0.717) is 34.9 Å². The number of carboxylic acid groups (broad SMARTS) is 1. The lowest BCUT2D eigenvalue weighted by Crippen LogP contribution is -2.15. The van der Waals surface area contributed by atoms with Crippen molar-refractivity contribution in [3.05, 3.63) is 40.8 Å². The van der Waals surface area contributed by atoms with Gasteiger partial charge in [-0.25, -0.2) is 0 Å². The lowest BCUT2D eigenvalue weighted by atomic mass is 9.91. The van der Waals surface area contributed by atoms with Crippen LogP contribution in [0.5, 0.6) is 11.5 Å². The van der Waals surface area contributed by atoms with E-state index in [2.05, 4.69) is 5.16 Å². The van der Waals surface area contributed by atoms with Crippen molar-refractivity contribution >= 4 is 5.97 Å². The number of hydrogen-bond acceptors (Lipinski definition) is 5. The molecule has 2 aromatic rings.